The van der Waals surface area contributed by atoms with Crippen LogP contribution >= 0.6 is 11.6 Å². The van der Waals surface area contributed by atoms with Crippen LogP contribution in [0.1, 0.15) is 46.8 Å². The number of carbonyl (C=O) groups is 2. The van der Waals surface area contributed by atoms with E-state index < -0.39 is 5.38 Å². The Morgan fingerprint density at radius 3 is 2.42 bits per heavy atom. The summed E-state index contributed by atoms with van der Waals surface area (Å²) in [5.41, 5.74) is 3.29. The molecular formula is C21H23ClN2O2. The van der Waals surface area contributed by atoms with Gasteiger partial charge in [-0.2, -0.15) is 0 Å². The SMILES string of the molecule is CCN(CC)C(=O)CN1c2cccc(C=O)c2C(Cl)C1c1ccccc1. The van der Waals surface area contributed by atoms with E-state index in [0.717, 1.165) is 23.1 Å². The lowest BCUT2D eigenvalue weighted by Gasteiger charge is -2.31. The summed E-state index contributed by atoms with van der Waals surface area (Å²) >= 11 is 6.83. The second-order valence-electron chi connectivity index (χ2n) is 6.35. The fourth-order valence-corrected chi connectivity index (χ4v) is 4.21. The van der Waals surface area contributed by atoms with Crippen LogP contribution in [0.2, 0.25) is 0 Å². The van der Waals surface area contributed by atoms with Gasteiger partial charge in [0.1, 0.15) is 6.29 Å². The number of hydrogen-bond donors (Lipinski definition) is 0. The van der Waals surface area contributed by atoms with Gasteiger partial charge in [-0.1, -0.05) is 42.5 Å². The Bertz CT molecular complexity index is 790. The molecule has 0 aromatic heterocycles. The number of nitrogens with zero attached hydrogens (tertiary/aromatic N) is 2. The highest BCUT2D eigenvalue weighted by Gasteiger charge is 2.40. The number of aldehydes is 1. The minimum Gasteiger partial charge on any atom is -0.353 e. The van der Waals surface area contributed by atoms with E-state index in [-0.39, 0.29) is 18.5 Å². The van der Waals surface area contributed by atoms with Crippen LogP contribution in [0.5, 0.6) is 0 Å². The predicted octanol–water partition coefficient (Wildman–Crippen LogP) is 4.21. The molecule has 0 saturated carbocycles. The second-order valence-corrected chi connectivity index (χ2v) is 6.82. The van der Waals surface area contributed by atoms with E-state index in [1.54, 1.807) is 6.07 Å². The monoisotopic (exact) mass is 370 g/mol. The molecule has 0 bridgehead atoms. The highest BCUT2D eigenvalue weighted by atomic mass is 35.5. The molecule has 0 N–H and O–H groups in total. The molecule has 1 heterocycles. The predicted molar refractivity (Wildman–Crippen MR) is 105 cm³/mol. The van der Waals surface area contributed by atoms with Crippen LogP contribution in [0.4, 0.5) is 5.69 Å². The summed E-state index contributed by atoms with van der Waals surface area (Å²) in [7, 11) is 0. The first-order valence-corrected chi connectivity index (χ1v) is 9.37. The zero-order valence-corrected chi connectivity index (χ0v) is 15.8. The van der Waals surface area contributed by atoms with Crippen LogP contribution in [0.25, 0.3) is 0 Å². The summed E-state index contributed by atoms with van der Waals surface area (Å²) in [5, 5.41) is -0.390. The number of alkyl halides is 1. The van der Waals surface area contributed by atoms with Crippen molar-refractivity contribution in [3.8, 4) is 0 Å². The summed E-state index contributed by atoms with van der Waals surface area (Å²) in [5.74, 6) is 0.0594. The van der Waals surface area contributed by atoms with Gasteiger partial charge in [0.25, 0.3) is 0 Å². The maximum absolute atomic E-state index is 12.8. The van der Waals surface area contributed by atoms with E-state index in [0.29, 0.717) is 18.7 Å². The first-order chi connectivity index (χ1) is 12.6. The third-order valence-electron chi connectivity index (χ3n) is 5.00. The number of likely N-dealkylation sites (N-methyl/N-ethyl adjacent to an activating group) is 1. The topological polar surface area (TPSA) is 40.6 Å². The largest absolute Gasteiger partial charge is 0.353 e. The number of hydrogen-bond acceptors (Lipinski definition) is 3. The van der Waals surface area contributed by atoms with Crippen molar-refractivity contribution in [1.29, 1.82) is 0 Å². The van der Waals surface area contributed by atoms with Gasteiger partial charge >= 0.3 is 0 Å². The van der Waals surface area contributed by atoms with Gasteiger partial charge in [0.2, 0.25) is 5.91 Å². The third-order valence-corrected chi connectivity index (χ3v) is 5.46. The maximum Gasteiger partial charge on any atom is 0.242 e. The Morgan fingerprint density at radius 2 is 1.81 bits per heavy atom. The molecule has 2 aromatic rings. The summed E-state index contributed by atoms with van der Waals surface area (Å²) in [6.45, 7) is 5.53. The number of carbonyl (C=O) groups excluding carboxylic acids is 2. The van der Waals surface area contributed by atoms with Crippen molar-refractivity contribution in [2.45, 2.75) is 25.3 Å². The lowest BCUT2D eigenvalue weighted by Crippen LogP contribution is -2.40. The number of rotatable bonds is 6. The fourth-order valence-electron chi connectivity index (χ4n) is 3.69. The van der Waals surface area contributed by atoms with Gasteiger partial charge < -0.3 is 9.80 Å². The summed E-state index contributed by atoms with van der Waals surface area (Å²) in [4.78, 5) is 28.2. The Balaban J connectivity index is 2.05. The zero-order chi connectivity index (χ0) is 18.7. The van der Waals surface area contributed by atoms with Gasteiger partial charge in [-0.25, -0.2) is 0 Å². The average Bonchev–Trinajstić information content (AvgIpc) is 2.95. The zero-order valence-electron chi connectivity index (χ0n) is 15.1. The van der Waals surface area contributed by atoms with Crippen molar-refractivity contribution < 1.29 is 9.59 Å². The summed E-state index contributed by atoms with van der Waals surface area (Å²) < 4.78 is 0. The molecule has 1 aliphatic rings. The molecule has 0 spiro atoms. The van der Waals surface area contributed by atoms with Gasteiger partial charge in [-0.05, 0) is 25.5 Å². The molecule has 4 nitrogen and oxygen atoms in total. The number of anilines is 1. The molecule has 0 aliphatic carbocycles. The first kappa shape index (κ1) is 18.5. The van der Waals surface area contributed by atoms with Crippen molar-refractivity contribution in [2.75, 3.05) is 24.5 Å². The third kappa shape index (κ3) is 3.21. The molecular weight excluding hydrogens is 348 g/mol. The molecule has 0 saturated heterocycles. The molecule has 2 unspecified atom stereocenters. The first-order valence-electron chi connectivity index (χ1n) is 8.93. The van der Waals surface area contributed by atoms with Crippen molar-refractivity contribution in [3.63, 3.8) is 0 Å². The van der Waals surface area contributed by atoms with E-state index in [4.69, 9.17) is 11.6 Å². The molecule has 3 rings (SSSR count). The minimum absolute atomic E-state index is 0.0594. The average molecular weight is 371 g/mol. The Morgan fingerprint density at radius 1 is 1.12 bits per heavy atom. The van der Waals surface area contributed by atoms with Gasteiger partial charge in [-0.3, -0.25) is 9.59 Å². The maximum atomic E-state index is 12.8. The lowest BCUT2D eigenvalue weighted by atomic mass is 9.99. The van der Waals surface area contributed by atoms with Gasteiger partial charge in [0, 0.05) is 29.9 Å². The molecule has 2 aromatic carbocycles. The molecule has 1 aliphatic heterocycles. The van der Waals surface area contributed by atoms with Gasteiger partial charge in [0.15, 0.2) is 0 Å². The van der Waals surface area contributed by atoms with Crippen LogP contribution < -0.4 is 4.90 Å². The molecule has 2 atom stereocenters. The van der Waals surface area contributed by atoms with E-state index >= 15 is 0 Å². The molecule has 26 heavy (non-hydrogen) atoms. The number of halogens is 1. The molecule has 1 amide bonds. The van der Waals surface area contributed by atoms with Crippen LogP contribution in [0.15, 0.2) is 48.5 Å². The number of amides is 1. The van der Waals surface area contributed by atoms with Gasteiger partial charge in [0.05, 0.1) is 18.0 Å². The van der Waals surface area contributed by atoms with E-state index in [2.05, 4.69) is 0 Å². The second kappa shape index (κ2) is 7.92. The lowest BCUT2D eigenvalue weighted by molar-refractivity contribution is -0.129. The van der Waals surface area contributed by atoms with E-state index in [9.17, 15) is 9.59 Å². The number of fused-ring (bicyclic) bond motifs is 1. The highest BCUT2D eigenvalue weighted by Crippen LogP contribution is 2.51. The number of benzene rings is 2. The molecule has 5 heteroatoms. The Labute approximate surface area is 159 Å². The Kier molecular flexibility index (Phi) is 5.62. The van der Waals surface area contributed by atoms with Crippen molar-refractivity contribution in [2.24, 2.45) is 0 Å². The fraction of sp³-hybridized carbons (Fsp3) is 0.333. The normalized spacial score (nSPS) is 18.5. The van der Waals surface area contributed by atoms with Crippen LogP contribution in [0, 0.1) is 0 Å². The van der Waals surface area contributed by atoms with Gasteiger partial charge in [-0.15, -0.1) is 11.6 Å². The standard InChI is InChI=1S/C21H23ClN2O2/c1-3-23(4-2)18(26)13-24-17-12-8-11-16(14-25)19(17)20(22)21(24)15-9-6-5-7-10-15/h5-12,14,20-21H,3-4,13H2,1-2H3. The summed E-state index contributed by atoms with van der Waals surface area (Å²) in [6.07, 6.45) is 0.839. The highest BCUT2D eigenvalue weighted by molar-refractivity contribution is 6.23. The Hall–Kier alpha value is -2.33. The van der Waals surface area contributed by atoms with E-state index in [1.807, 2.05) is 66.1 Å². The molecule has 0 fully saturated rings. The van der Waals surface area contributed by atoms with E-state index in [1.165, 1.54) is 0 Å². The van der Waals surface area contributed by atoms with Crippen LogP contribution in [-0.2, 0) is 4.79 Å². The molecule has 0 radical (unpaired) electrons. The van der Waals surface area contributed by atoms with Crippen molar-refractivity contribution >= 4 is 29.5 Å². The van der Waals surface area contributed by atoms with Crippen molar-refractivity contribution in [1.82, 2.24) is 4.90 Å². The van der Waals surface area contributed by atoms with Crippen LogP contribution in [0.3, 0.4) is 0 Å². The smallest absolute Gasteiger partial charge is 0.242 e. The minimum atomic E-state index is -0.390. The van der Waals surface area contributed by atoms with Crippen molar-refractivity contribution in [3.05, 3.63) is 65.2 Å². The summed E-state index contributed by atoms with van der Waals surface area (Å²) in [6, 6.07) is 15.3. The quantitative estimate of drug-likeness (QED) is 0.565. The van der Waals surface area contributed by atoms with Crippen LogP contribution in [-0.4, -0.2) is 36.7 Å². The molecule has 136 valence electrons.